The number of amides is 1. The van der Waals surface area contributed by atoms with E-state index in [9.17, 15) is 4.79 Å². The van der Waals surface area contributed by atoms with Gasteiger partial charge in [-0.1, -0.05) is 44.2 Å². The molecule has 4 nitrogen and oxygen atoms in total. The smallest absolute Gasteiger partial charge is 0.239 e. The van der Waals surface area contributed by atoms with Gasteiger partial charge in [-0.3, -0.25) is 9.69 Å². The fourth-order valence-electron chi connectivity index (χ4n) is 3.60. The molecule has 0 radical (unpaired) electrons. The molecule has 1 amide bonds. The van der Waals surface area contributed by atoms with Gasteiger partial charge in [-0.05, 0) is 50.6 Å². The third kappa shape index (κ3) is 5.82. The Morgan fingerprint density at radius 1 is 1.24 bits per heavy atom. The van der Waals surface area contributed by atoms with E-state index in [4.69, 9.17) is 5.73 Å². The number of hydrogen-bond acceptors (Lipinski definition) is 3. The molecule has 1 aromatic rings. The fourth-order valence-corrected chi connectivity index (χ4v) is 3.60. The van der Waals surface area contributed by atoms with Crippen molar-refractivity contribution in [3.8, 4) is 0 Å². The fraction of sp³-hybridized carbons (Fsp3) is 0.667. The van der Waals surface area contributed by atoms with Crippen molar-refractivity contribution in [1.29, 1.82) is 0 Å². The Labute approximate surface area is 153 Å². The predicted octanol–water partition coefficient (Wildman–Crippen LogP) is 3.12. The summed E-state index contributed by atoms with van der Waals surface area (Å²) >= 11 is 0. The number of piperidine rings is 1. The van der Waals surface area contributed by atoms with E-state index in [0.29, 0.717) is 5.92 Å². The highest BCUT2D eigenvalue weighted by atomic mass is 16.2. The summed E-state index contributed by atoms with van der Waals surface area (Å²) in [6, 6.07) is 10.4. The Bertz CT molecular complexity index is 529. The average Bonchev–Trinajstić information content (AvgIpc) is 2.59. The van der Waals surface area contributed by atoms with Crippen molar-refractivity contribution < 1.29 is 4.79 Å². The van der Waals surface area contributed by atoms with Crippen LogP contribution in [-0.2, 0) is 11.3 Å². The molecule has 0 bridgehead atoms. The lowest BCUT2D eigenvalue weighted by molar-refractivity contribution is -0.136. The van der Waals surface area contributed by atoms with Gasteiger partial charge in [0.2, 0.25) is 5.91 Å². The van der Waals surface area contributed by atoms with Crippen LogP contribution in [0.4, 0.5) is 0 Å². The maximum atomic E-state index is 12.8. The molecule has 0 aromatic heterocycles. The Morgan fingerprint density at radius 3 is 2.52 bits per heavy atom. The molecule has 140 valence electrons. The predicted molar refractivity (Wildman–Crippen MR) is 104 cm³/mol. The molecule has 4 heteroatoms. The highest BCUT2D eigenvalue weighted by Crippen LogP contribution is 2.21. The molecule has 0 aliphatic carbocycles. The zero-order valence-corrected chi connectivity index (χ0v) is 16.3. The lowest BCUT2D eigenvalue weighted by Crippen LogP contribution is -2.52. The summed E-state index contributed by atoms with van der Waals surface area (Å²) in [6.45, 7) is 12.2. The van der Waals surface area contributed by atoms with Crippen molar-refractivity contribution in [1.82, 2.24) is 9.80 Å². The van der Waals surface area contributed by atoms with Gasteiger partial charge in [-0.25, -0.2) is 0 Å². The van der Waals surface area contributed by atoms with Crippen molar-refractivity contribution in [2.24, 2.45) is 17.6 Å². The highest BCUT2D eigenvalue weighted by Gasteiger charge is 2.29. The normalized spacial score (nSPS) is 20.0. The topological polar surface area (TPSA) is 49.6 Å². The summed E-state index contributed by atoms with van der Waals surface area (Å²) in [6.07, 6.45) is 2.40. The van der Waals surface area contributed by atoms with E-state index in [0.717, 1.165) is 26.2 Å². The van der Waals surface area contributed by atoms with Gasteiger partial charge < -0.3 is 10.6 Å². The molecular weight excluding hydrogens is 310 g/mol. The van der Waals surface area contributed by atoms with Crippen molar-refractivity contribution in [2.75, 3.05) is 19.6 Å². The lowest BCUT2D eigenvalue weighted by Gasteiger charge is -2.38. The number of likely N-dealkylation sites (tertiary alicyclic amines) is 1. The number of carbonyl (C=O) groups is 1. The first kappa shape index (κ1) is 19.9. The molecule has 0 saturated carbocycles. The van der Waals surface area contributed by atoms with E-state index in [1.807, 2.05) is 18.7 Å². The molecule has 1 fully saturated rings. The van der Waals surface area contributed by atoms with Crippen molar-refractivity contribution in [3.63, 3.8) is 0 Å². The Morgan fingerprint density at radius 2 is 1.92 bits per heavy atom. The number of nitrogens with zero attached hydrogens (tertiary/aromatic N) is 2. The quantitative estimate of drug-likeness (QED) is 0.826. The van der Waals surface area contributed by atoms with E-state index in [2.05, 4.69) is 49.1 Å². The van der Waals surface area contributed by atoms with Crippen LogP contribution >= 0.6 is 0 Å². The summed E-state index contributed by atoms with van der Waals surface area (Å²) in [5, 5.41) is 0. The maximum Gasteiger partial charge on any atom is 0.239 e. The Hall–Kier alpha value is -1.39. The van der Waals surface area contributed by atoms with Crippen LogP contribution in [0.2, 0.25) is 0 Å². The van der Waals surface area contributed by atoms with Crippen LogP contribution in [0.25, 0.3) is 0 Å². The molecule has 25 heavy (non-hydrogen) atoms. The van der Waals surface area contributed by atoms with E-state index in [-0.39, 0.29) is 17.9 Å². The summed E-state index contributed by atoms with van der Waals surface area (Å²) in [4.78, 5) is 17.3. The van der Waals surface area contributed by atoms with Gasteiger partial charge in [-0.15, -0.1) is 0 Å². The third-order valence-corrected chi connectivity index (χ3v) is 5.22. The van der Waals surface area contributed by atoms with Gasteiger partial charge in [0.15, 0.2) is 0 Å². The van der Waals surface area contributed by atoms with Crippen molar-refractivity contribution >= 4 is 5.91 Å². The van der Waals surface area contributed by atoms with Gasteiger partial charge in [0.1, 0.15) is 0 Å². The number of carbonyl (C=O) groups excluding carboxylic acids is 1. The third-order valence-electron chi connectivity index (χ3n) is 5.22. The number of nitrogens with two attached hydrogens (primary N) is 1. The number of benzene rings is 1. The van der Waals surface area contributed by atoms with Crippen LogP contribution in [0.1, 0.15) is 46.1 Å². The van der Waals surface area contributed by atoms with Gasteiger partial charge in [0, 0.05) is 25.7 Å². The van der Waals surface area contributed by atoms with E-state index in [1.165, 1.54) is 18.4 Å². The zero-order chi connectivity index (χ0) is 18.4. The van der Waals surface area contributed by atoms with Gasteiger partial charge in [0.05, 0.1) is 6.04 Å². The first-order valence-corrected chi connectivity index (χ1v) is 9.70. The molecule has 1 aliphatic heterocycles. The lowest BCUT2D eigenvalue weighted by atomic mass is 9.95. The molecule has 2 N–H and O–H groups in total. The molecule has 1 heterocycles. The summed E-state index contributed by atoms with van der Waals surface area (Å²) in [7, 11) is 0. The van der Waals surface area contributed by atoms with Crippen LogP contribution in [-0.4, -0.2) is 47.4 Å². The summed E-state index contributed by atoms with van der Waals surface area (Å²) in [5.41, 5.74) is 7.49. The van der Waals surface area contributed by atoms with E-state index in [1.54, 1.807) is 0 Å². The summed E-state index contributed by atoms with van der Waals surface area (Å²) in [5.74, 6) is 0.808. The van der Waals surface area contributed by atoms with Crippen molar-refractivity contribution in [3.05, 3.63) is 35.9 Å². The first-order chi connectivity index (χ1) is 11.9. The van der Waals surface area contributed by atoms with E-state index < -0.39 is 6.04 Å². The van der Waals surface area contributed by atoms with E-state index >= 15 is 0 Å². The first-order valence-electron chi connectivity index (χ1n) is 9.70. The second-order valence-electron chi connectivity index (χ2n) is 8.08. The van der Waals surface area contributed by atoms with Crippen LogP contribution in [0, 0.1) is 11.8 Å². The number of rotatable bonds is 7. The van der Waals surface area contributed by atoms with Gasteiger partial charge >= 0.3 is 0 Å². The van der Waals surface area contributed by atoms with Crippen molar-refractivity contribution in [2.45, 2.75) is 59.2 Å². The Balaban J connectivity index is 1.95. The largest absolute Gasteiger partial charge is 0.339 e. The number of hydrogen-bond donors (Lipinski definition) is 1. The molecule has 1 aliphatic rings. The minimum Gasteiger partial charge on any atom is -0.339 e. The monoisotopic (exact) mass is 345 g/mol. The molecular formula is C21H35N3O. The molecule has 0 unspecified atom stereocenters. The molecule has 1 saturated heterocycles. The van der Waals surface area contributed by atoms with Gasteiger partial charge in [-0.2, -0.15) is 0 Å². The molecule has 2 rings (SSSR count). The SMILES string of the molecule is CC(C)[C@H](N)C(=O)N(C[C@@H]1CCCN(Cc2ccccc2)C1)C(C)C. The molecule has 1 aromatic carbocycles. The maximum absolute atomic E-state index is 12.8. The average molecular weight is 346 g/mol. The summed E-state index contributed by atoms with van der Waals surface area (Å²) < 4.78 is 0. The second kappa shape index (κ2) is 9.35. The van der Waals surface area contributed by atoms with Crippen LogP contribution in [0.15, 0.2) is 30.3 Å². The van der Waals surface area contributed by atoms with Crippen LogP contribution in [0.5, 0.6) is 0 Å². The zero-order valence-electron chi connectivity index (χ0n) is 16.3. The highest BCUT2D eigenvalue weighted by molar-refractivity contribution is 5.82. The van der Waals surface area contributed by atoms with Crippen LogP contribution < -0.4 is 5.73 Å². The standard InChI is InChI=1S/C21H35N3O/c1-16(2)20(22)21(25)24(17(3)4)15-19-11-8-12-23(14-19)13-18-9-6-5-7-10-18/h5-7,9-10,16-17,19-20H,8,11-15,22H2,1-4H3/t19-,20+/m1/s1. The minimum absolute atomic E-state index is 0.102. The molecule has 0 spiro atoms. The van der Waals surface area contributed by atoms with Gasteiger partial charge in [0.25, 0.3) is 0 Å². The van der Waals surface area contributed by atoms with Crippen LogP contribution in [0.3, 0.4) is 0 Å². The minimum atomic E-state index is -0.397. The molecule has 2 atom stereocenters. The second-order valence-corrected chi connectivity index (χ2v) is 8.08. The Kier molecular flexibility index (Phi) is 7.45.